The number of amides is 1. The first-order chi connectivity index (χ1) is 9.65. The average Bonchev–Trinajstić information content (AvgIpc) is 2.80. The zero-order chi connectivity index (χ0) is 14.1. The standard InChI is InChI=1S/C14H13BrN2O3/c15-12-4-3-11(20-12)13(16)8-1-2-10-9(7-8)14(18)17-5-6-19-10/h1-4,7,13H,5-6,16H2,(H,17,18). The zero-order valence-electron chi connectivity index (χ0n) is 10.6. The Labute approximate surface area is 124 Å². The Morgan fingerprint density at radius 2 is 2.15 bits per heavy atom. The van der Waals surface area contributed by atoms with Crippen LogP contribution in [0.4, 0.5) is 0 Å². The van der Waals surface area contributed by atoms with Gasteiger partial charge in [0.15, 0.2) is 4.67 Å². The smallest absolute Gasteiger partial charge is 0.255 e. The molecule has 0 spiro atoms. The molecule has 0 saturated carbocycles. The third kappa shape index (κ3) is 2.44. The molecule has 1 aromatic carbocycles. The van der Waals surface area contributed by atoms with Crippen molar-refractivity contribution in [1.29, 1.82) is 0 Å². The van der Waals surface area contributed by atoms with Gasteiger partial charge >= 0.3 is 0 Å². The van der Waals surface area contributed by atoms with E-state index in [-0.39, 0.29) is 5.91 Å². The van der Waals surface area contributed by atoms with Crippen molar-refractivity contribution in [3.63, 3.8) is 0 Å². The Morgan fingerprint density at radius 1 is 1.30 bits per heavy atom. The highest BCUT2D eigenvalue weighted by Gasteiger charge is 2.20. The third-order valence-corrected chi connectivity index (χ3v) is 3.58. The van der Waals surface area contributed by atoms with E-state index in [4.69, 9.17) is 14.9 Å². The van der Waals surface area contributed by atoms with E-state index in [0.29, 0.717) is 34.9 Å². The minimum absolute atomic E-state index is 0.146. The summed E-state index contributed by atoms with van der Waals surface area (Å²) in [7, 11) is 0. The third-order valence-electron chi connectivity index (χ3n) is 3.15. The van der Waals surface area contributed by atoms with Crippen LogP contribution in [0.3, 0.4) is 0 Å². The highest BCUT2D eigenvalue weighted by molar-refractivity contribution is 9.10. The molecule has 0 bridgehead atoms. The molecule has 104 valence electrons. The fourth-order valence-electron chi connectivity index (χ4n) is 2.12. The van der Waals surface area contributed by atoms with Gasteiger partial charge in [0.1, 0.15) is 18.1 Å². The molecule has 3 rings (SSSR count). The molecule has 1 aromatic heterocycles. The molecule has 5 nitrogen and oxygen atoms in total. The number of hydrogen-bond acceptors (Lipinski definition) is 4. The Morgan fingerprint density at radius 3 is 2.90 bits per heavy atom. The molecule has 1 unspecified atom stereocenters. The summed E-state index contributed by atoms with van der Waals surface area (Å²) in [6, 6.07) is 8.52. The first kappa shape index (κ1) is 13.2. The lowest BCUT2D eigenvalue weighted by Gasteiger charge is -2.12. The maximum Gasteiger partial charge on any atom is 0.255 e. The summed E-state index contributed by atoms with van der Waals surface area (Å²) in [5, 5.41) is 2.78. The second kappa shape index (κ2) is 5.30. The fraction of sp³-hybridized carbons (Fsp3) is 0.214. The lowest BCUT2D eigenvalue weighted by Crippen LogP contribution is -2.24. The van der Waals surface area contributed by atoms with E-state index in [1.54, 1.807) is 24.3 Å². The van der Waals surface area contributed by atoms with Crippen LogP contribution in [0.15, 0.2) is 39.4 Å². The largest absolute Gasteiger partial charge is 0.491 e. The van der Waals surface area contributed by atoms with Crippen LogP contribution in [0.1, 0.15) is 27.7 Å². The van der Waals surface area contributed by atoms with Gasteiger partial charge in [0.05, 0.1) is 18.2 Å². The minimum Gasteiger partial charge on any atom is -0.491 e. The van der Waals surface area contributed by atoms with Gasteiger partial charge in [-0.25, -0.2) is 0 Å². The van der Waals surface area contributed by atoms with Gasteiger partial charge in [-0.3, -0.25) is 4.79 Å². The van der Waals surface area contributed by atoms with Crippen molar-refractivity contribution >= 4 is 21.8 Å². The van der Waals surface area contributed by atoms with Gasteiger partial charge in [-0.05, 0) is 45.8 Å². The van der Waals surface area contributed by atoms with Crippen LogP contribution < -0.4 is 15.8 Å². The van der Waals surface area contributed by atoms with Gasteiger partial charge in [-0.1, -0.05) is 6.07 Å². The molecule has 2 heterocycles. The van der Waals surface area contributed by atoms with Gasteiger partial charge in [-0.2, -0.15) is 0 Å². The summed E-state index contributed by atoms with van der Waals surface area (Å²) < 4.78 is 11.6. The zero-order valence-corrected chi connectivity index (χ0v) is 12.1. The van der Waals surface area contributed by atoms with Gasteiger partial charge < -0.3 is 20.2 Å². The van der Waals surface area contributed by atoms with E-state index in [1.165, 1.54) is 0 Å². The van der Waals surface area contributed by atoms with Crippen LogP contribution in [0.25, 0.3) is 0 Å². The second-order valence-electron chi connectivity index (χ2n) is 4.48. The van der Waals surface area contributed by atoms with Crippen LogP contribution in [0, 0.1) is 0 Å². The van der Waals surface area contributed by atoms with Crippen LogP contribution in [0.2, 0.25) is 0 Å². The number of furan rings is 1. The van der Waals surface area contributed by atoms with Gasteiger partial charge in [0.2, 0.25) is 0 Å². The van der Waals surface area contributed by atoms with Crippen molar-refractivity contribution in [3.8, 4) is 5.75 Å². The monoisotopic (exact) mass is 336 g/mol. The van der Waals surface area contributed by atoms with Gasteiger partial charge in [0, 0.05) is 0 Å². The molecule has 3 N–H and O–H groups in total. The summed E-state index contributed by atoms with van der Waals surface area (Å²) in [6.07, 6.45) is 0. The van der Waals surface area contributed by atoms with Gasteiger partial charge in [0.25, 0.3) is 5.91 Å². The average molecular weight is 337 g/mol. The van der Waals surface area contributed by atoms with E-state index < -0.39 is 6.04 Å². The summed E-state index contributed by atoms with van der Waals surface area (Å²) in [4.78, 5) is 12.0. The maximum atomic E-state index is 12.0. The summed E-state index contributed by atoms with van der Waals surface area (Å²) in [5.41, 5.74) is 7.46. The molecule has 1 aliphatic rings. The first-order valence-corrected chi connectivity index (χ1v) is 7.00. The number of fused-ring (bicyclic) bond motifs is 1. The van der Waals surface area contributed by atoms with Crippen molar-refractivity contribution in [2.45, 2.75) is 6.04 Å². The number of benzene rings is 1. The van der Waals surface area contributed by atoms with Crippen LogP contribution in [0.5, 0.6) is 5.75 Å². The summed E-state index contributed by atoms with van der Waals surface area (Å²) in [5.74, 6) is 1.07. The molecular formula is C14H13BrN2O3. The number of nitrogens with one attached hydrogen (secondary N) is 1. The van der Waals surface area contributed by atoms with Gasteiger partial charge in [-0.15, -0.1) is 0 Å². The van der Waals surface area contributed by atoms with Crippen LogP contribution in [-0.4, -0.2) is 19.1 Å². The molecule has 0 radical (unpaired) electrons. The Kier molecular flexibility index (Phi) is 3.50. The predicted molar refractivity (Wildman–Crippen MR) is 76.7 cm³/mol. The Hall–Kier alpha value is -1.79. The number of nitrogens with two attached hydrogens (primary N) is 1. The lowest BCUT2D eigenvalue weighted by molar-refractivity contribution is 0.0957. The highest BCUT2D eigenvalue weighted by Crippen LogP contribution is 2.28. The molecule has 20 heavy (non-hydrogen) atoms. The van der Waals surface area contributed by atoms with Crippen LogP contribution >= 0.6 is 15.9 Å². The number of rotatable bonds is 2. The molecule has 0 saturated heterocycles. The maximum absolute atomic E-state index is 12.0. The number of ether oxygens (including phenoxy) is 1. The normalized spacial score (nSPS) is 15.8. The number of carbonyl (C=O) groups excluding carboxylic acids is 1. The SMILES string of the molecule is NC(c1ccc2c(c1)C(=O)NCCO2)c1ccc(Br)o1. The molecule has 1 amide bonds. The van der Waals surface area contributed by atoms with Crippen molar-refractivity contribution in [1.82, 2.24) is 5.32 Å². The van der Waals surface area contributed by atoms with E-state index in [9.17, 15) is 4.79 Å². The number of carbonyl (C=O) groups is 1. The van der Waals surface area contributed by atoms with E-state index in [1.807, 2.05) is 6.07 Å². The van der Waals surface area contributed by atoms with Crippen LogP contribution in [-0.2, 0) is 0 Å². The Balaban J connectivity index is 1.97. The fourth-order valence-corrected chi connectivity index (χ4v) is 2.44. The topological polar surface area (TPSA) is 77.5 Å². The van der Waals surface area contributed by atoms with E-state index in [2.05, 4.69) is 21.2 Å². The molecule has 1 atom stereocenters. The molecule has 0 aliphatic carbocycles. The molecule has 2 aromatic rings. The van der Waals surface area contributed by atoms with Crippen molar-refractivity contribution in [2.75, 3.05) is 13.2 Å². The molecule has 1 aliphatic heterocycles. The molecule has 6 heteroatoms. The molecule has 0 fully saturated rings. The van der Waals surface area contributed by atoms with E-state index >= 15 is 0 Å². The number of halogens is 1. The Bertz CT molecular complexity index is 654. The van der Waals surface area contributed by atoms with Crippen molar-refractivity contribution in [2.24, 2.45) is 5.73 Å². The van der Waals surface area contributed by atoms with Crippen molar-refractivity contribution < 1.29 is 13.9 Å². The minimum atomic E-state index is -0.428. The quantitative estimate of drug-likeness (QED) is 0.881. The summed E-state index contributed by atoms with van der Waals surface area (Å²) in [6.45, 7) is 0.968. The lowest BCUT2D eigenvalue weighted by atomic mass is 10.0. The second-order valence-corrected chi connectivity index (χ2v) is 5.26. The van der Waals surface area contributed by atoms with E-state index in [0.717, 1.165) is 5.56 Å². The first-order valence-electron chi connectivity index (χ1n) is 6.21. The molecular weight excluding hydrogens is 324 g/mol. The summed E-state index contributed by atoms with van der Waals surface area (Å²) >= 11 is 3.25. The predicted octanol–water partition coefficient (Wildman–Crippen LogP) is 2.21. The number of hydrogen-bond donors (Lipinski definition) is 2. The highest BCUT2D eigenvalue weighted by atomic mass is 79.9. The van der Waals surface area contributed by atoms with Crippen molar-refractivity contribution in [3.05, 3.63) is 51.9 Å².